The summed E-state index contributed by atoms with van der Waals surface area (Å²) in [6, 6.07) is 0.486. The third-order valence-electron chi connectivity index (χ3n) is 1.59. The van der Waals surface area contributed by atoms with E-state index in [1.807, 2.05) is 0 Å². The molecule has 0 bridgehead atoms. The molecule has 0 spiro atoms. The average molecular weight is 205 g/mol. The van der Waals surface area contributed by atoms with Crippen molar-refractivity contribution in [1.82, 2.24) is 0 Å². The molecular weight excluding hydrogens is 199 g/mol. The number of halogens is 3. The summed E-state index contributed by atoms with van der Waals surface area (Å²) in [5.41, 5.74) is 3.84. The Morgan fingerprint density at radius 2 is 1.93 bits per heavy atom. The number of nitrogens with two attached hydrogens (primary N) is 1. The molecule has 2 N–H and O–H groups in total. The Balaban J connectivity index is 3.47. The van der Waals surface area contributed by atoms with Gasteiger partial charge in [-0.15, -0.1) is 0 Å². The molecule has 0 aliphatic rings. The number of primary amides is 1. The van der Waals surface area contributed by atoms with Gasteiger partial charge in [-0.2, -0.15) is 4.39 Å². The normalized spacial score (nSPS) is 10.0. The molecule has 0 fully saturated rings. The lowest BCUT2D eigenvalue weighted by Gasteiger charge is -2.06. The minimum Gasteiger partial charge on any atom is -0.491 e. The highest BCUT2D eigenvalue weighted by Gasteiger charge is 2.21. The molecule has 0 unspecified atom stereocenters. The lowest BCUT2D eigenvalue weighted by molar-refractivity contribution is 0.0994. The molecule has 0 aromatic heterocycles. The van der Waals surface area contributed by atoms with E-state index in [0.29, 0.717) is 6.07 Å². The van der Waals surface area contributed by atoms with Gasteiger partial charge in [0.1, 0.15) is 0 Å². The second-order valence-corrected chi connectivity index (χ2v) is 2.43. The van der Waals surface area contributed by atoms with Gasteiger partial charge in [0.15, 0.2) is 17.4 Å². The number of ether oxygens (including phenoxy) is 1. The molecule has 1 amide bonds. The lowest BCUT2D eigenvalue weighted by Crippen LogP contribution is -2.15. The molecule has 0 saturated heterocycles. The zero-order chi connectivity index (χ0) is 10.9. The Hall–Kier alpha value is -1.72. The fourth-order valence-corrected chi connectivity index (χ4v) is 0.945. The SMILES string of the molecule is COc1c(F)cc(C(N)=O)c(F)c1F. The highest BCUT2D eigenvalue weighted by Crippen LogP contribution is 2.25. The zero-order valence-corrected chi connectivity index (χ0v) is 7.11. The number of rotatable bonds is 2. The molecule has 0 radical (unpaired) electrons. The maximum Gasteiger partial charge on any atom is 0.251 e. The first-order valence-corrected chi connectivity index (χ1v) is 3.50. The Bertz CT molecular complexity index is 393. The zero-order valence-electron chi connectivity index (χ0n) is 7.11. The molecular formula is C8H6F3NO2. The molecule has 76 valence electrons. The van der Waals surface area contributed by atoms with Crippen molar-refractivity contribution >= 4 is 5.91 Å². The van der Waals surface area contributed by atoms with Crippen LogP contribution in [0.4, 0.5) is 13.2 Å². The van der Waals surface area contributed by atoms with E-state index in [2.05, 4.69) is 4.74 Å². The van der Waals surface area contributed by atoms with Crippen molar-refractivity contribution in [3.05, 3.63) is 29.1 Å². The number of methoxy groups -OCH3 is 1. The largest absolute Gasteiger partial charge is 0.491 e. The van der Waals surface area contributed by atoms with E-state index in [-0.39, 0.29) is 0 Å². The highest BCUT2D eigenvalue weighted by molar-refractivity contribution is 5.93. The van der Waals surface area contributed by atoms with Gasteiger partial charge in [-0.3, -0.25) is 4.79 Å². The van der Waals surface area contributed by atoms with Crippen molar-refractivity contribution in [2.24, 2.45) is 5.73 Å². The Kier molecular flexibility index (Phi) is 2.64. The molecule has 0 aliphatic heterocycles. The van der Waals surface area contributed by atoms with Crippen LogP contribution in [0.5, 0.6) is 5.75 Å². The van der Waals surface area contributed by atoms with Gasteiger partial charge in [-0.25, -0.2) is 8.78 Å². The number of hydrogen-bond acceptors (Lipinski definition) is 2. The third kappa shape index (κ3) is 1.50. The first kappa shape index (κ1) is 10.4. The van der Waals surface area contributed by atoms with Gasteiger partial charge in [-0.1, -0.05) is 0 Å². The summed E-state index contributed by atoms with van der Waals surface area (Å²) < 4.78 is 43.1. The number of carbonyl (C=O) groups excluding carboxylic acids is 1. The summed E-state index contributed by atoms with van der Waals surface area (Å²) in [6.45, 7) is 0. The Labute approximate surface area is 77.3 Å². The molecule has 0 heterocycles. The summed E-state index contributed by atoms with van der Waals surface area (Å²) in [6.07, 6.45) is 0. The van der Waals surface area contributed by atoms with Gasteiger partial charge >= 0.3 is 0 Å². The van der Waals surface area contributed by atoms with Gasteiger partial charge in [0.25, 0.3) is 5.91 Å². The molecule has 1 aromatic carbocycles. The van der Waals surface area contributed by atoms with Crippen LogP contribution in [0.15, 0.2) is 6.07 Å². The van der Waals surface area contributed by atoms with Crippen LogP contribution >= 0.6 is 0 Å². The predicted octanol–water partition coefficient (Wildman–Crippen LogP) is 1.21. The van der Waals surface area contributed by atoms with E-state index in [1.54, 1.807) is 0 Å². The minimum absolute atomic E-state index is 0.486. The van der Waals surface area contributed by atoms with E-state index in [4.69, 9.17) is 5.73 Å². The molecule has 1 aromatic rings. The van der Waals surface area contributed by atoms with Crippen LogP contribution in [0.3, 0.4) is 0 Å². The van der Waals surface area contributed by atoms with Crippen LogP contribution in [-0.4, -0.2) is 13.0 Å². The standard InChI is InChI=1S/C8H6F3NO2/c1-14-7-4(9)2-3(8(12)13)5(10)6(7)11/h2H,1H3,(H2,12,13). The van der Waals surface area contributed by atoms with Crippen LogP contribution < -0.4 is 10.5 Å². The van der Waals surface area contributed by atoms with Gasteiger partial charge in [0.2, 0.25) is 5.82 Å². The Morgan fingerprint density at radius 1 is 1.36 bits per heavy atom. The molecule has 0 saturated carbocycles. The van der Waals surface area contributed by atoms with Crippen molar-refractivity contribution in [2.75, 3.05) is 7.11 Å². The van der Waals surface area contributed by atoms with E-state index in [1.165, 1.54) is 0 Å². The van der Waals surface area contributed by atoms with Gasteiger partial charge in [0.05, 0.1) is 12.7 Å². The predicted molar refractivity (Wildman–Crippen MR) is 41.4 cm³/mol. The van der Waals surface area contributed by atoms with Crippen LogP contribution in [0, 0.1) is 17.5 Å². The van der Waals surface area contributed by atoms with Gasteiger partial charge in [-0.05, 0) is 6.07 Å². The fourth-order valence-electron chi connectivity index (χ4n) is 0.945. The number of amides is 1. The van der Waals surface area contributed by atoms with Crippen LogP contribution in [0.25, 0.3) is 0 Å². The first-order chi connectivity index (χ1) is 6.49. The Morgan fingerprint density at radius 3 is 2.36 bits per heavy atom. The van der Waals surface area contributed by atoms with Crippen molar-refractivity contribution in [3.63, 3.8) is 0 Å². The van der Waals surface area contributed by atoms with Gasteiger partial charge in [0, 0.05) is 0 Å². The molecule has 3 nitrogen and oxygen atoms in total. The summed E-state index contributed by atoms with van der Waals surface area (Å²) in [5, 5.41) is 0. The topological polar surface area (TPSA) is 52.3 Å². The van der Waals surface area contributed by atoms with E-state index >= 15 is 0 Å². The minimum atomic E-state index is -1.57. The molecule has 6 heteroatoms. The van der Waals surface area contributed by atoms with Crippen molar-refractivity contribution < 1.29 is 22.7 Å². The number of hydrogen-bond donors (Lipinski definition) is 1. The van der Waals surface area contributed by atoms with E-state index in [0.717, 1.165) is 7.11 Å². The van der Waals surface area contributed by atoms with Crippen LogP contribution in [0.1, 0.15) is 10.4 Å². The maximum atomic E-state index is 13.0. The summed E-state index contributed by atoms with van der Waals surface area (Å²) in [7, 11) is 0.977. The monoisotopic (exact) mass is 205 g/mol. The van der Waals surface area contributed by atoms with Gasteiger partial charge < -0.3 is 10.5 Å². The van der Waals surface area contributed by atoms with Crippen molar-refractivity contribution in [3.8, 4) is 5.75 Å². The average Bonchev–Trinajstić information content (AvgIpc) is 2.12. The summed E-state index contributed by atoms with van der Waals surface area (Å²) >= 11 is 0. The quantitative estimate of drug-likeness (QED) is 0.738. The van der Waals surface area contributed by atoms with Crippen LogP contribution in [0.2, 0.25) is 0 Å². The molecule has 0 atom stereocenters. The highest BCUT2D eigenvalue weighted by atomic mass is 19.2. The van der Waals surface area contributed by atoms with E-state index < -0.39 is 34.7 Å². The molecule has 1 rings (SSSR count). The second kappa shape index (κ2) is 3.57. The van der Waals surface area contributed by atoms with Crippen molar-refractivity contribution in [2.45, 2.75) is 0 Å². The van der Waals surface area contributed by atoms with E-state index in [9.17, 15) is 18.0 Å². The lowest BCUT2D eigenvalue weighted by atomic mass is 10.1. The van der Waals surface area contributed by atoms with Crippen molar-refractivity contribution in [1.29, 1.82) is 0 Å². The number of carbonyl (C=O) groups is 1. The molecule has 0 aliphatic carbocycles. The number of benzene rings is 1. The smallest absolute Gasteiger partial charge is 0.251 e. The summed E-state index contributed by atoms with van der Waals surface area (Å²) in [5.74, 6) is -6.40. The fraction of sp³-hybridized carbons (Fsp3) is 0.125. The van der Waals surface area contributed by atoms with Crippen LogP contribution in [-0.2, 0) is 0 Å². The summed E-state index contributed by atoms with van der Waals surface area (Å²) in [4.78, 5) is 10.5. The first-order valence-electron chi connectivity index (χ1n) is 3.50. The maximum absolute atomic E-state index is 13.0. The molecule has 14 heavy (non-hydrogen) atoms. The second-order valence-electron chi connectivity index (χ2n) is 2.43. The third-order valence-corrected chi connectivity index (χ3v) is 1.59.